The van der Waals surface area contributed by atoms with Gasteiger partial charge in [0.1, 0.15) is 0 Å². The van der Waals surface area contributed by atoms with E-state index in [4.69, 9.17) is 23.5 Å². The van der Waals surface area contributed by atoms with E-state index in [1.165, 1.54) is 11.3 Å². The molecule has 4 aromatic rings. The van der Waals surface area contributed by atoms with Gasteiger partial charge in [-0.1, -0.05) is 5.16 Å². The van der Waals surface area contributed by atoms with Crippen LogP contribution >= 0.6 is 11.3 Å². The fourth-order valence-corrected chi connectivity index (χ4v) is 4.05. The second kappa shape index (κ2) is 10.9. The minimum Gasteiger partial charge on any atom is -0.493 e. The fourth-order valence-electron chi connectivity index (χ4n) is 3.31. The average molecular weight is 497 g/mol. The predicted molar refractivity (Wildman–Crippen MR) is 130 cm³/mol. The number of rotatable bonds is 10. The van der Waals surface area contributed by atoms with Gasteiger partial charge >= 0.3 is 0 Å². The molecular weight excluding hydrogens is 472 g/mol. The molecule has 35 heavy (non-hydrogen) atoms. The van der Waals surface area contributed by atoms with Crippen LogP contribution in [0, 0.1) is 0 Å². The van der Waals surface area contributed by atoms with Crippen molar-refractivity contribution in [3.8, 4) is 45.6 Å². The van der Waals surface area contributed by atoms with Crippen LogP contribution in [-0.2, 0) is 11.2 Å². The van der Waals surface area contributed by atoms with E-state index in [-0.39, 0.29) is 12.3 Å². The van der Waals surface area contributed by atoms with E-state index in [1.807, 2.05) is 23.6 Å². The second-order valence-corrected chi connectivity index (χ2v) is 8.10. The number of ether oxygens (including phenoxy) is 4. The lowest BCUT2D eigenvalue weighted by molar-refractivity contribution is -0.116. The van der Waals surface area contributed by atoms with Gasteiger partial charge in [-0.15, -0.1) is 11.3 Å². The SMILES string of the molecule is COc1ccc(-c2csc(NC(=O)CCc3nc(-c4ccc(OC)c(OC)c4)no3)n2)cc1OC. The van der Waals surface area contributed by atoms with Crippen molar-refractivity contribution >= 4 is 22.4 Å². The summed E-state index contributed by atoms with van der Waals surface area (Å²) in [6.45, 7) is 0. The first kappa shape index (κ1) is 24.0. The Hall–Kier alpha value is -4.12. The standard InChI is InChI=1S/C24H24N4O6S/c1-30-17-7-5-14(11-19(17)32-3)16-13-35-24(25-16)26-21(29)9-10-22-27-23(28-34-22)15-6-8-18(31-2)20(12-15)33-4/h5-8,11-13H,9-10H2,1-4H3,(H,25,26,29). The van der Waals surface area contributed by atoms with Gasteiger partial charge in [0, 0.05) is 29.3 Å². The van der Waals surface area contributed by atoms with E-state index in [1.54, 1.807) is 46.6 Å². The molecular formula is C24H24N4O6S. The number of aryl methyl sites for hydroxylation is 1. The van der Waals surface area contributed by atoms with Crippen LogP contribution in [0.5, 0.6) is 23.0 Å². The topological polar surface area (TPSA) is 118 Å². The highest BCUT2D eigenvalue weighted by Gasteiger charge is 2.15. The Balaban J connectivity index is 1.35. The molecule has 1 N–H and O–H groups in total. The lowest BCUT2D eigenvalue weighted by Crippen LogP contribution is -2.12. The number of nitrogens with zero attached hydrogens (tertiary/aromatic N) is 3. The van der Waals surface area contributed by atoms with E-state index < -0.39 is 0 Å². The minimum atomic E-state index is -0.205. The zero-order chi connectivity index (χ0) is 24.8. The van der Waals surface area contributed by atoms with Crippen LogP contribution in [0.25, 0.3) is 22.6 Å². The van der Waals surface area contributed by atoms with Crippen LogP contribution < -0.4 is 24.3 Å². The summed E-state index contributed by atoms with van der Waals surface area (Å²) in [7, 11) is 6.28. The van der Waals surface area contributed by atoms with Gasteiger partial charge in [0.25, 0.3) is 0 Å². The van der Waals surface area contributed by atoms with Gasteiger partial charge in [-0.3, -0.25) is 4.79 Å². The smallest absolute Gasteiger partial charge is 0.227 e. The first-order valence-electron chi connectivity index (χ1n) is 10.6. The van der Waals surface area contributed by atoms with Crippen molar-refractivity contribution in [2.75, 3.05) is 33.8 Å². The number of benzene rings is 2. The zero-order valence-electron chi connectivity index (χ0n) is 19.7. The van der Waals surface area contributed by atoms with Gasteiger partial charge in [0.05, 0.1) is 34.1 Å². The monoisotopic (exact) mass is 496 g/mol. The van der Waals surface area contributed by atoms with Crippen molar-refractivity contribution in [3.63, 3.8) is 0 Å². The molecule has 0 aliphatic carbocycles. The number of amides is 1. The van der Waals surface area contributed by atoms with Crippen LogP contribution in [0.1, 0.15) is 12.3 Å². The number of methoxy groups -OCH3 is 4. The van der Waals surface area contributed by atoms with E-state index in [9.17, 15) is 4.79 Å². The Morgan fingerprint density at radius 2 is 1.51 bits per heavy atom. The Bertz CT molecular complexity index is 1320. The van der Waals surface area contributed by atoms with E-state index in [0.717, 1.165) is 11.3 Å². The van der Waals surface area contributed by atoms with Gasteiger partial charge < -0.3 is 28.8 Å². The molecule has 0 bridgehead atoms. The highest BCUT2D eigenvalue weighted by atomic mass is 32.1. The normalized spacial score (nSPS) is 10.6. The van der Waals surface area contributed by atoms with Gasteiger partial charge in [-0.25, -0.2) is 4.98 Å². The van der Waals surface area contributed by atoms with Crippen LogP contribution in [0.4, 0.5) is 5.13 Å². The predicted octanol–water partition coefficient (Wildman–Crippen LogP) is 4.47. The molecule has 0 atom stereocenters. The Labute approximate surface area is 205 Å². The molecule has 1 amide bonds. The molecule has 0 aliphatic rings. The molecule has 0 radical (unpaired) electrons. The number of hydrogen-bond acceptors (Lipinski definition) is 10. The zero-order valence-corrected chi connectivity index (χ0v) is 20.5. The molecule has 10 nitrogen and oxygen atoms in total. The molecule has 0 saturated heterocycles. The van der Waals surface area contributed by atoms with Crippen LogP contribution in [0.3, 0.4) is 0 Å². The number of carbonyl (C=O) groups excluding carboxylic acids is 1. The molecule has 2 aromatic carbocycles. The third-order valence-electron chi connectivity index (χ3n) is 5.11. The Morgan fingerprint density at radius 3 is 2.17 bits per heavy atom. The maximum atomic E-state index is 12.4. The number of anilines is 1. The summed E-state index contributed by atoms with van der Waals surface area (Å²) in [5.41, 5.74) is 2.29. The Morgan fingerprint density at radius 1 is 0.886 bits per heavy atom. The molecule has 182 valence electrons. The summed E-state index contributed by atoms with van der Waals surface area (Å²) in [6, 6.07) is 10.9. The molecule has 0 saturated carbocycles. The number of aromatic nitrogens is 3. The lowest BCUT2D eigenvalue weighted by atomic mass is 10.1. The van der Waals surface area contributed by atoms with Crippen molar-refractivity contribution in [1.82, 2.24) is 15.1 Å². The third kappa shape index (κ3) is 5.52. The van der Waals surface area contributed by atoms with Crippen LogP contribution in [-0.4, -0.2) is 49.5 Å². The summed E-state index contributed by atoms with van der Waals surface area (Å²) in [4.78, 5) is 21.3. The molecule has 2 aromatic heterocycles. The fraction of sp³-hybridized carbons (Fsp3) is 0.250. The number of nitrogens with one attached hydrogen (secondary N) is 1. The molecule has 0 spiro atoms. The largest absolute Gasteiger partial charge is 0.493 e. The summed E-state index contributed by atoms with van der Waals surface area (Å²) in [6.07, 6.45) is 0.457. The van der Waals surface area contributed by atoms with E-state index in [0.29, 0.717) is 51.8 Å². The molecule has 11 heteroatoms. The lowest BCUT2D eigenvalue weighted by Gasteiger charge is -2.08. The molecule has 2 heterocycles. The van der Waals surface area contributed by atoms with Gasteiger partial charge in [0.2, 0.25) is 17.6 Å². The Kier molecular flexibility index (Phi) is 7.46. The maximum absolute atomic E-state index is 12.4. The first-order chi connectivity index (χ1) is 17.0. The summed E-state index contributed by atoms with van der Waals surface area (Å²) < 4.78 is 26.5. The summed E-state index contributed by atoms with van der Waals surface area (Å²) in [5.74, 6) is 2.96. The number of carbonyl (C=O) groups is 1. The highest BCUT2D eigenvalue weighted by molar-refractivity contribution is 7.14. The summed E-state index contributed by atoms with van der Waals surface area (Å²) in [5, 5.41) is 9.17. The van der Waals surface area contributed by atoms with Crippen LogP contribution in [0.2, 0.25) is 0 Å². The van der Waals surface area contributed by atoms with Gasteiger partial charge in [0.15, 0.2) is 28.1 Å². The van der Waals surface area contributed by atoms with E-state index >= 15 is 0 Å². The first-order valence-corrected chi connectivity index (χ1v) is 11.4. The van der Waals surface area contributed by atoms with Crippen molar-refractivity contribution in [2.24, 2.45) is 0 Å². The van der Waals surface area contributed by atoms with Gasteiger partial charge in [-0.2, -0.15) is 4.98 Å². The minimum absolute atomic E-state index is 0.166. The van der Waals surface area contributed by atoms with Crippen molar-refractivity contribution < 1.29 is 28.3 Å². The van der Waals surface area contributed by atoms with Crippen molar-refractivity contribution in [2.45, 2.75) is 12.8 Å². The maximum Gasteiger partial charge on any atom is 0.227 e. The number of thiazole rings is 1. The number of hydrogen-bond donors (Lipinski definition) is 1. The highest BCUT2D eigenvalue weighted by Crippen LogP contribution is 2.34. The average Bonchev–Trinajstić information content (AvgIpc) is 3.56. The quantitative estimate of drug-likeness (QED) is 0.339. The second-order valence-electron chi connectivity index (χ2n) is 7.24. The van der Waals surface area contributed by atoms with Crippen molar-refractivity contribution in [1.29, 1.82) is 0 Å². The van der Waals surface area contributed by atoms with E-state index in [2.05, 4.69) is 20.4 Å². The van der Waals surface area contributed by atoms with Gasteiger partial charge in [-0.05, 0) is 36.4 Å². The molecule has 0 fully saturated rings. The third-order valence-corrected chi connectivity index (χ3v) is 5.86. The molecule has 4 rings (SSSR count). The summed E-state index contributed by atoms with van der Waals surface area (Å²) >= 11 is 1.34. The van der Waals surface area contributed by atoms with Crippen molar-refractivity contribution in [3.05, 3.63) is 47.7 Å². The van der Waals surface area contributed by atoms with Crippen LogP contribution in [0.15, 0.2) is 46.3 Å². The molecule has 0 unspecified atom stereocenters. The molecule has 0 aliphatic heterocycles.